The zero-order valence-electron chi connectivity index (χ0n) is 10.9. The van der Waals surface area contributed by atoms with Crippen molar-refractivity contribution in [3.05, 3.63) is 34.9 Å². The summed E-state index contributed by atoms with van der Waals surface area (Å²) in [6.07, 6.45) is -4.27. The Kier molecular flexibility index (Phi) is 5.64. The maximum Gasteiger partial charge on any atom is 0.394 e. The Morgan fingerprint density at radius 3 is 2.37 bits per heavy atom. The average molecular weight is 295 g/mol. The van der Waals surface area contributed by atoms with Crippen LogP contribution in [0, 0.1) is 5.92 Å². The third-order valence-electron chi connectivity index (χ3n) is 3.27. The normalized spacial score (nSPS) is 15.6. The monoisotopic (exact) mass is 294 g/mol. The lowest BCUT2D eigenvalue weighted by atomic mass is 10.0. The Balaban J connectivity index is 2.78. The Hall–Kier alpha value is -0.780. The largest absolute Gasteiger partial charge is 0.394 e. The van der Waals surface area contributed by atoms with Crippen LogP contribution in [0.4, 0.5) is 13.2 Å². The van der Waals surface area contributed by atoms with Crippen LogP contribution < -0.4 is 5.73 Å². The molecule has 0 aliphatic rings. The van der Waals surface area contributed by atoms with Crippen molar-refractivity contribution in [2.45, 2.75) is 19.1 Å². The summed E-state index contributed by atoms with van der Waals surface area (Å²) < 4.78 is 38.1. The van der Waals surface area contributed by atoms with Gasteiger partial charge in [-0.05, 0) is 25.6 Å². The zero-order chi connectivity index (χ0) is 14.6. The van der Waals surface area contributed by atoms with E-state index < -0.39 is 18.6 Å². The molecule has 0 heterocycles. The van der Waals surface area contributed by atoms with Gasteiger partial charge in [-0.2, -0.15) is 13.2 Å². The van der Waals surface area contributed by atoms with Gasteiger partial charge in [0.2, 0.25) is 0 Å². The molecule has 2 nitrogen and oxygen atoms in total. The van der Waals surface area contributed by atoms with Crippen LogP contribution in [0.5, 0.6) is 0 Å². The lowest BCUT2D eigenvalue weighted by molar-refractivity contribution is -0.176. The molecule has 0 aromatic heterocycles. The van der Waals surface area contributed by atoms with Crippen LogP contribution in [0.1, 0.15) is 18.5 Å². The molecule has 0 amide bonds. The first-order valence-electron chi connectivity index (χ1n) is 5.98. The maximum atomic E-state index is 12.7. The number of nitrogens with two attached hydrogens (primary N) is 1. The molecule has 19 heavy (non-hydrogen) atoms. The molecule has 0 saturated carbocycles. The van der Waals surface area contributed by atoms with E-state index in [4.69, 9.17) is 17.3 Å². The lowest BCUT2D eigenvalue weighted by Gasteiger charge is -2.30. The first-order chi connectivity index (χ1) is 8.77. The van der Waals surface area contributed by atoms with Crippen LogP contribution >= 0.6 is 11.6 Å². The molecule has 2 unspecified atom stereocenters. The van der Waals surface area contributed by atoms with Crippen molar-refractivity contribution < 1.29 is 13.2 Å². The Morgan fingerprint density at radius 1 is 1.32 bits per heavy atom. The van der Waals surface area contributed by atoms with Crippen LogP contribution in [0.15, 0.2) is 24.3 Å². The molecular weight excluding hydrogens is 277 g/mol. The third-order valence-corrected chi connectivity index (χ3v) is 3.62. The van der Waals surface area contributed by atoms with Crippen molar-refractivity contribution in [3.8, 4) is 0 Å². The molecule has 108 valence electrons. The Morgan fingerprint density at radius 2 is 1.89 bits per heavy atom. The van der Waals surface area contributed by atoms with Gasteiger partial charge in [-0.15, -0.1) is 0 Å². The number of halogens is 4. The van der Waals surface area contributed by atoms with Gasteiger partial charge in [-0.25, -0.2) is 0 Å². The number of hydrogen-bond acceptors (Lipinski definition) is 2. The summed E-state index contributed by atoms with van der Waals surface area (Å²) in [5.74, 6) is -1.53. The summed E-state index contributed by atoms with van der Waals surface area (Å²) in [5, 5.41) is 0.554. The van der Waals surface area contributed by atoms with E-state index in [0.29, 0.717) is 5.02 Å². The molecule has 1 rings (SSSR count). The van der Waals surface area contributed by atoms with Gasteiger partial charge in [-0.1, -0.05) is 29.8 Å². The van der Waals surface area contributed by atoms with Gasteiger partial charge < -0.3 is 5.73 Å². The molecule has 0 spiro atoms. The molecule has 1 aromatic carbocycles. The standard InChI is InChI=1S/C13H18ClF3N2/c1-9(11-5-3-4-6-12(11)14)19(2)8-10(7-18)13(15,16)17/h3-6,9-10H,7-8,18H2,1-2H3. The van der Waals surface area contributed by atoms with E-state index in [1.165, 1.54) is 0 Å². The van der Waals surface area contributed by atoms with Crippen molar-refractivity contribution in [2.75, 3.05) is 20.1 Å². The molecule has 0 saturated heterocycles. The summed E-state index contributed by atoms with van der Waals surface area (Å²) in [7, 11) is 1.64. The fourth-order valence-corrected chi connectivity index (χ4v) is 2.16. The molecule has 2 N–H and O–H groups in total. The van der Waals surface area contributed by atoms with E-state index >= 15 is 0 Å². The van der Waals surface area contributed by atoms with Gasteiger partial charge >= 0.3 is 6.18 Å². The van der Waals surface area contributed by atoms with Gasteiger partial charge in [-0.3, -0.25) is 4.90 Å². The highest BCUT2D eigenvalue weighted by atomic mass is 35.5. The van der Waals surface area contributed by atoms with Crippen LogP contribution in [-0.2, 0) is 0 Å². The predicted octanol–water partition coefficient (Wildman–Crippen LogP) is 3.47. The number of rotatable bonds is 5. The van der Waals surface area contributed by atoms with Crippen molar-refractivity contribution >= 4 is 11.6 Å². The summed E-state index contributed by atoms with van der Waals surface area (Å²) in [6.45, 7) is 1.26. The predicted molar refractivity (Wildman–Crippen MR) is 71.1 cm³/mol. The average Bonchev–Trinajstić information content (AvgIpc) is 2.34. The van der Waals surface area contributed by atoms with E-state index in [-0.39, 0.29) is 12.6 Å². The van der Waals surface area contributed by atoms with Crippen molar-refractivity contribution in [1.29, 1.82) is 0 Å². The first-order valence-corrected chi connectivity index (χ1v) is 6.36. The summed E-state index contributed by atoms with van der Waals surface area (Å²) in [6, 6.07) is 6.94. The second-order valence-corrected chi connectivity index (χ2v) is 5.02. The first kappa shape index (κ1) is 16.3. The van der Waals surface area contributed by atoms with Crippen LogP contribution in [0.3, 0.4) is 0 Å². The fourth-order valence-electron chi connectivity index (χ4n) is 1.87. The van der Waals surface area contributed by atoms with Crippen molar-refractivity contribution in [3.63, 3.8) is 0 Å². The van der Waals surface area contributed by atoms with E-state index in [1.54, 1.807) is 24.1 Å². The molecular formula is C13H18ClF3N2. The Labute approximate surface area is 116 Å². The van der Waals surface area contributed by atoms with Gasteiger partial charge in [0.15, 0.2) is 0 Å². The SMILES string of the molecule is CC(c1ccccc1Cl)N(C)CC(CN)C(F)(F)F. The molecule has 0 aliphatic carbocycles. The highest BCUT2D eigenvalue weighted by Gasteiger charge is 2.39. The second-order valence-electron chi connectivity index (χ2n) is 4.61. The van der Waals surface area contributed by atoms with Crippen LogP contribution in [-0.4, -0.2) is 31.2 Å². The number of hydrogen-bond donors (Lipinski definition) is 1. The fraction of sp³-hybridized carbons (Fsp3) is 0.538. The molecule has 6 heteroatoms. The summed E-state index contributed by atoms with van der Waals surface area (Å²) in [5.41, 5.74) is 6.01. The Bertz CT molecular complexity index is 409. The minimum Gasteiger partial charge on any atom is -0.330 e. The van der Waals surface area contributed by atoms with Crippen molar-refractivity contribution in [2.24, 2.45) is 11.7 Å². The molecule has 1 aromatic rings. The van der Waals surface area contributed by atoms with Gasteiger partial charge in [0.05, 0.1) is 5.92 Å². The third kappa shape index (κ3) is 4.37. The lowest BCUT2D eigenvalue weighted by Crippen LogP contribution is -2.40. The van der Waals surface area contributed by atoms with Gasteiger partial charge in [0.1, 0.15) is 0 Å². The highest BCUT2D eigenvalue weighted by Crippen LogP contribution is 2.30. The van der Waals surface area contributed by atoms with Crippen molar-refractivity contribution in [1.82, 2.24) is 4.90 Å². The van der Waals surface area contributed by atoms with E-state index in [2.05, 4.69) is 0 Å². The van der Waals surface area contributed by atoms with Crippen LogP contribution in [0.2, 0.25) is 5.02 Å². The zero-order valence-corrected chi connectivity index (χ0v) is 11.7. The summed E-state index contributed by atoms with van der Waals surface area (Å²) >= 11 is 6.05. The van der Waals surface area contributed by atoms with E-state index in [1.807, 2.05) is 19.1 Å². The van der Waals surface area contributed by atoms with Gasteiger partial charge in [0.25, 0.3) is 0 Å². The quantitative estimate of drug-likeness (QED) is 0.901. The van der Waals surface area contributed by atoms with Crippen LogP contribution in [0.25, 0.3) is 0 Å². The molecule has 0 fully saturated rings. The maximum absolute atomic E-state index is 12.7. The number of nitrogens with zero attached hydrogens (tertiary/aromatic N) is 1. The smallest absolute Gasteiger partial charge is 0.330 e. The minimum atomic E-state index is -4.27. The number of benzene rings is 1. The topological polar surface area (TPSA) is 29.3 Å². The van der Waals surface area contributed by atoms with Gasteiger partial charge in [0, 0.05) is 24.2 Å². The highest BCUT2D eigenvalue weighted by molar-refractivity contribution is 6.31. The second kappa shape index (κ2) is 6.59. The molecule has 2 atom stereocenters. The summed E-state index contributed by atoms with van der Waals surface area (Å²) in [4.78, 5) is 1.62. The molecule has 0 radical (unpaired) electrons. The minimum absolute atomic E-state index is 0.146. The van der Waals surface area contributed by atoms with E-state index in [9.17, 15) is 13.2 Å². The molecule has 0 bridgehead atoms. The van der Waals surface area contributed by atoms with E-state index in [0.717, 1.165) is 5.56 Å². The number of alkyl halides is 3. The molecule has 0 aliphatic heterocycles.